The number of carbonyl (C=O) groups is 1. The van der Waals surface area contributed by atoms with Crippen LogP contribution in [-0.4, -0.2) is 103 Å². The summed E-state index contributed by atoms with van der Waals surface area (Å²) in [5.41, 5.74) is 1.65. The molecule has 212 valence electrons. The predicted octanol–water partition coefficient (Wildman–Crippen LogP) is 4.23. The molecule has 1 aromatic heterocycles. The fourth-order valence-corrected chi connectivity index (χ4v) is 5.59. The van der Waals surface area contributed by atoms with Crippen LogP contribution in [0.1, 0.15) is 33.6 Å². The van der Waals surface area contributed by atoms with Gasteiger partial charge in [0.2, 0.25) is 5.95 Å². The van der Waals surface area contributed by atoms with Crippen LogP contribution in [0.25, 0.3) is 0 Å². The molecular formula is C28H40ClN7O3. The largest absolute Gasteiger partial charge is 0.444 e. The molecule has 2 aromatic rings. The standard InChI is InChI=1S/C28H40ClN7O3/c1-28(2,3)39-27(37)36-14-12-35(13-15-36)25-24(29)20-30-26(32-25)31-21-4-6-22(7-5-21)33-10-8-23(9-11-33)34-16-18-38-19-17-34/h4-7,20,23H,8-19H2,1-3H3,(H,30,31,32). The summed E-state index contributed by atoms with van der Waals surface area (Å²) in [5.74, 6) is 1.15. The van der Waals surface area contributed by atoms with Crippen molar-refractivity contribution in [1.82, 2.24) is 19.8 Å². The highest BCUT2D eigenvalue weighted by Crippen LogP contribution is 2.28. The van der Waals surface area contributed by atoms with Crippen molar-refractivity contribution in [3.63, 3.8) is 0 Å². The summed E-state index contributed by atoms with van der Waals surface area (Å²) in [6, 6.07) is 9.12. The zero-order valence-electron chi connectivity index (χ0n) is 23.2. The van der Waals surface area contributed by atoms with Gasteiger partial charge in [0.05, 0.1) is 19.4 Å². The topological polar surface area (TPSA) is 86.3 Å². The van der Waals surface area contributed by atoms with E-state index in [1.165, 1.54) is 18.5 Å². The van der Waals surface area contributed by atoms with Crippen LogP contribution < -0.4 is 15.1 Å². The molecule has 0 radical (unpaired) electrons. The van der Waals surface area contributed by atoms with Gasteiger partial charge < -0.3 is 29.5 Å². The van der Waals surface area contributed by atoms with Crippen LogP contribution >= 0.6 is 11.6 Å². The predicted molar refractivity (Wildman–Crippen MR) is 154 cm³/mol. The molecule has 39 heavy (non-hydrogen) atoms. The third-order valence-corrected chi connectivity index (χ3v) is 7.74. The van der Waals surface area contributed by atoms with Crippen molar-refractivity contribution in [2.45, 2.75) is 45.3 Å². The maximum absolute atomic E-state index is 12.4. The Morgan fingerprint density at radius 1 is 0.974 bits per heavy atom. The number of ether oxygens (including phenoxy) is 2. The van der Waals surface area contributed by atoms with Gasteiger partial charge in [-0.1, -0.05) is 11.6 Å². The summed E-state index contributed by atoms with van der Waals surface area (Å²) in [6.07, 6.45) is 3.71. The van der Waals surface area contributed by atoms with E-state index in [1.807, 2.05) is 20.8 Å². The molecule has 11 heteroatoms. The quantitative estimate of drug-likeness (QED) is 0.580. The fourth-order valence-electron chi connectivity index (χ4n) is 5.38. The number of nitrogens with zero attached hydrogens (tertiary/aromatic N) is 6. The number of piperidine rings is 1. The van der Waals surface area contributed by atoms with Crippen molar-refractivity contribution >= 4 is 40.8 Å². The molecule has 0 aliphatic carbocycles. The second-order valence-corrected chi connectivity index (χ2v) is 11.8. The maximum Gasteiger partial charge on any atom is 0.410 e. The van der Waals surface area contributed by atoms with Crippen molar-refractivity contribution < 1.29 is 14.3 Å². The zero-order chi connectivity index (χ0) is 27.4. The van der Waals surface area contributed by atoms with Crippen molar-refractivity contribution in [2.24, 2.45) is 0 Å². The number of carbonyl (C=O) groups excluding carboxylic acids is 1. The van der Waals surface area contributed by atoms with E-state index in [-0.39, 0.29) is 6.09 Å². The average Bonchev–Trinajstić information content (AvgIpc) is 2.94. The van der Waals surface area contributed by atoms with E-state index in [0.29, 0.717) is 49.0 Å². The highest BCUT2D eigenvalue weighted by atomic mass is 35.5. The molecule has 0 unspecified atom stereocenters. The van der Waals surface area contributed by atoms with Crippen LogP contribution in [0.2, 0.25) is 5.02 Å². The Bertz CT molecular complexity index is 1110. The van der Waals surface area contributed by atoms with E-state index in [1.54, 1.807) is 11.1 Å². The zero-order valence-corrected chi connectivity index (χ0v) is 24.0. The van der Waals surface area contributed by atoms with E-state index in [9.17, 15) is 4.79 Å². The number of amides is 1. The average molecular weight is 558 g/mol. The number of benzene rings is 1. The Kier molecular flexibility index (Phi) is 8.64. The van der Waals surface area contributed by atoms with Crippen molar-refractivity contribution in [2.75, 3.05) is 80.7 Å². The summed E-state index contributed by atoms with van der Waals surface area (Å²) in [7, 11) is 0. The molecular weight excluding hydrogens is 518 g/mol. The lowest BCUT2D eigenvalue weighted by Crippen LogP contribution is -2.50. The number of nitrogens with one attached hydrogen (secondary N) is 1. The lowest BCUT2D eigenvalue weighted by atomic mass is 10.0. The van der Waals surface area contributed by atoms with Gasteiger partial charge in [-0.25, -0.2) is 9.78 Å². The van der Waals surface area contributed by atoms with Crippen molar-refractivity contribution in [3.05, 3.63) is 35.5 Å². The first-order valence-electron chi connectivity index (χ1n) is 13.9. The normalized spacial score (nSPS) is 19.7. The molecule has 0 atom stereocenters. The molecule has 5 rings (SSSR count). The van der Waals surface area contributed by atoms with Crippen LogP contribution in [-0.2, 0) is 9.47 Å². The fraction of sp³-hybridized carbons (Fsp3) is 0.607. The second kappa shape index (κ2) is 12.1. The smallest absolute Gasteiger partial charge is 0.410 e. The summed E-state index contributed by atoms with van der Waals surface area (Å²) in [6.45, 7) is 13.9. The minimum atomic E-state index is -0.511. The molecule has 1 amide bonds. The Hall–Kier alpha value is -2.82. The number of aromatic nitrogens is 2. The van der Waals surface area contributed by atoms with Gasteiger partial charge in [-0.15, -0.1) is 0 Å². The van der Waals surface area contributed by atoms with Crippen molar-refractivity contribution in [3.8, 4) is 0 Å². The van der Waals surface area contributed by atoms with E-state index in [2.05, 4.69) is 49.3 Å². The molecule has 3 aliphatic rings. The maximum atomic E-state index is 12.4. The third kappa shape index (κ3) is 7.23. The monoisotopic (exact) mass is 557 g/mol. The van der Waals surface area contributed by atoms with E-state index in [0.717, 1.165) is 45.1 Å². The van der Waals surface area contributed by atoms with Crippen LogP contribution in [0.4, 0.5) is 27.9 Å². The number of hydrogen-bond acceptors (Lipinski definition) is 9. The van der Waals surface area contributed by atoms with Gasteiger partial charge in [-0.2, -0.15) is 4.98 Å². The molecule has 4 heterocycles. The molecule has 3 fully saturated rings. The molecule has 1 N–H and O–H groups in total. The Morgan fingerprint density at radius 3 is 2.28 bits per heavy atom. The Morgan fingerprint density at radius 2 is 1.64 bits per heavy atom. The first-order valence-corrected chi connectivity index (χ1v) is 14.3. The third-order valence-electron chi connectivity index (χ3n) is 7.47. The van der Waals surface area contributed by atoms with Gasteiger partial charge in [-0.05, 0) is 57.9 Å². The number of hydrogen-bond donors (Lipinski definition) is 1. The highest BCUT2D eigenvalue weighted by Gasteiger charge is 2.28. The van der Waals surface area contributed by atoms with Gasteiger partial charge in [-0.3, -0.25) is 4.90 Å². The van der Waals surface area contributed by atoms with E-state index in [4.69, 9.17) is 26.1 Å². The number of halogens is 1. The van der Waals surface area contributed by atoms with Crippen LogP contribution in [0.3, 0.4) is 0 Å². The summed E-state index contributed by atoms with van der Waals surface area (Å²) in [4.78, 5) is 30.4. The summed E-state index contributed by atoms with van der Waals surface area (Å²) in [5, 5.41) is 3.80. The summed E-state index contributed by atoms with van der Waals surface area (Å²) < 4.78 is 11.0. The van der Waals surface area contributed by atoms with Gasteiger partial charge in [0.1, 0.15) is 10.6 Å². The Labute approximate surface area is 236 Å². The first kappa shape index (κ1) is 27.7. The lowest BCUT2D eigenvalue weighted by Gasteiger charge is -2.40. The molecule has 10 nitrogen and oxygen atoms in total. The number of anilines is 4. The molecule has 0 spiro atoms. The first-order chi connectivity index (χ1) is 18.7. The molecule has 0 bridgehead atoms. The van der Waals surface area contributed by atoms with Gasteiger partial charge in [0.25, 0.3) is 0 Å². The van der Waals surface area contributed by atoms with Gasteiger partial charge in [0, 0.05) is 69.8 Å². The second-order valence-electron chi connectivity index (χ2n) is 11.4. The van der Waals surface area contributed by atoms with Crippen molar-refractivity contribution in [1.29, 1.82) is 0 Å². The number of rotatable bonds is 5. The number of morpholine rings is 1. The van der Waals surface area contributed by atoms with Gasteiger partial charge >= 0.3 is 6.09 Å². The van der Waals surface area contributed by atoms with Gasteiger partial charge in [0.15, 0.2) is 5.82 Å². The summed E-state index contributed by atoms with van der Waals surface area (Å²) >= 11 is 6.47. The Balaban J connectivity index is 1.14. The minimum absolute atomic E-state index is 0.289. The molecule has 0 saturated carbocycles. The molecule has 1 aromatic carbocycles. The highest BCUT2D eigenvalue weighted by molar-refractivity contribution is 6.32. The van der Waals surface area contributed by atoms with Crippen LogP contribution in [0, 0.1) is 0 Å². The molecule has 3 saturated heterocycles. The lowest BCUT2D eigenvalue weighted by molar-refractivity contribution is 0.0115. The van der Waals surface area contributed by atoms with Crippen LogP contribution in [0.5, 0.6) is 0 Å². The SMILES string of the molecule is CC(C)(C)OC(=O)N1CCN(c2nc(Nc3ccc(N4CCC(N5CCOCC5)CC4)cc3)ncc2Cl)CC1. The van der Waals surface area contributed by atoms with E-state index >= 15 is 0 Å². The van der Waals surface area contributed by atoms with E-state index < -0.39 is 5.60 Å². The number of piperazine rings is 1. The molecule has 3 aliphatic heterocycles. The minimum Gasteiger partial charge on any atom is -0.444 e. The van der Waals surface area contributed by atoms with Crippen LogP contribution in [0.15, 0.2) is 30.5 Å².